The zero-order valence-corrected chi connectivity index (χ0v) is 8.91. The fraction of sp³-hybridized carbons (Fsp3) is 0.300. The first-order valence-electron chi connectivity index (χ1n) is 4.48. The van der Waals surface area contributed by atoms with Crippen LogP contribution in [0.2, 0.25) is 0 Å². The van der Waals surface area contributed by atoms with E-state index >= 15 is 0 Å². The Balaban J connectivity index is 2.69. The van der Waals surface area contributed by atoms with Gasteiger partial charge >= 0.3 is 0 Å². The number of hydrogen-bond acceptors (Lipinski definition) is 4. The molecule has 0 aliphatic carbocycles. The van der Waals surface area contributed by atoms with Crippen LogP contribution in [-0.4, -0.2) is 25.1 Å². The van der Waals surface area contributed by atoms with E-state index in [9.17, 15) is 18.3 Å². The van der Waals surface area contributed by atoms with E-state index in [2.05, 4.69) is 0 Å². The van der Waals surface area contributed by atoms with Gasteiger partial charge in [-0.3, -0.25) is 4.79 Å². The number of carbonyl (C=O) groups excluding carboxylic acids is 1. The Bertz CT molecular complexity index is 530. The van der Waals surface area contributed by atoms with E-state index in [0.29, 0.717) is 5.56 Å². The molecule has 1 atom stereocenters. The van der Waals surface area contributed by atoms with Crippen LogP contribution >= 0.6 is 0 Å². The van der Waals surface area contributed by atoms with Gasteiger partial charge in [0.1, 0.15) is 11.5 Å². The number of phenols is 1. The van der Waals surface area contributed by atoms with E-state index in [1.54, 1.807) is 0 Å². The van der Waals surface area contributed by atoms with Gasteiger partial charge in [0.25, 0.3) is 0 Å². The zero-order chi connectivity index (χ0) is 11.2. The molecule has 15 heavy (non-hydrogen) atoms. The molecule has 1 N–H and O–H groups in total. The maximum atomic E-state index is 11.6. The van der Waals surface area contributed by atoms with E-state index in [1.807, 2.05) is 0 Å². The van der Waals surface area contributed by atoms with Crippen LogP contribution in [0, 0.1) is 0 Å². The predicted octanol–water partition coefficient (Wildman–Crippen LogP) is 0.852. The van der Waals surface area contributed by atoms with Gasteiger partial charge < -0.3 is 5.11 Å². The molecule has 0 saturated carbocycles. The summed E-state index contributed by atoms with van der Waals surface area (Å²) < 4.78 is 23.3. The monoisotopic (exact) mass is 226 g/mol. The van der Waals surface area contributed by atoms with E-state index in [0.717, 1.165) is 0 Å². The molecule has 1 unspecified atom stereocenters. The smallest absolute Gasteiger partial charge is 0.179 e. The Labute approximate surface area is 87.5 Å². The SMILES string of the molecule is CC(=O)C1CS(=O)(=O)c2ccc(O)cc21. The lowest BCUT2D eigenvalue weighted by Gasteiger charge is -2.04. The first kappa shape index (κ1) is 10.2. The fourth-order valence-corrected chi connectivity index (χ4v) is 3.70. The number of phenolic OH excluding ortho intramolecular Hbond substituents is 1. The third-order valence-electron chi connectivity index (χ3n) is 2.58. The zero-order valence-electron chi connectivity index (χ0n) is 8.10. The number of aromatic hydroxyl groups is 1. The molecule has 1 aromatic rings. The Morgan fingerprint density at radius 1 is 1.47 bits per heavy atom. The molecule has 0 saturated heterocycles. The predicted molar refractivity (Wildman–Crippen MR) is 53.6 cm³/mol. The van der Waals surface area contributed by atoms with Gasteiger partial charge in [-0.05, 0) is 30.7 Å². The Morgan fingerprint density at radius 2 is 2.13 bits per heavy atom. The maximum Gasteiger partial charge on any atom is 0.179 e. The molecule has 0 fully saturated rings. The molecule has 5 heteroatoms. The molecular weight excluding hydrogens is 216 g/mol. The second-order valence-electron chi connectivity index (χ2n) is 3.67. The highest BCUT2D eigenvalue weighted by molar-refractivity contribution is 7.91. The average molecular weight is 226 g/mol. The summed E-state index contributed by atoms with van der Waals surface area (Å²) in [6, 6.07) is 4.02. The second kappa shape index (κ2) is 3.06. The van der Waals surface area contributed by atoms with Crippen molar-refractivity contribution in [3.8, 4) is 5.75 Å². The lowest BCUT2D eigenvalue weighted by Crippen LogP contribution is -2.10. The van der Waals surface area contributed by atoms with Crippen molar-refractivity contribution in [2.24, 2.45) is 0 Å². The van der Waals surface area contributed by atoms with Crippen molar-refractivity contribution in [3.05, 3.63) is 23.8 Å². The molecule has 1 aliphatic heterocycles. The van der Waals surface area contributed by atoms with Crippen molar-refractivity contribution in [2.45, 2.75) is 17.7 Å². The van der Waals surface area contributed by atoms with Gasteiger partial charge in [-0.15, -0.1) is 0 Å². The summed E-state index contributed by atoms with van der Waals surface area (Å²) in [5.74, 6) is -1.02. The van der Waals surface area contributed by atoms with Crippen molar-refractivity contribution >= 4 is 15.6 Å². The van der Waals surface area contributed by atoms with Crippen LogP contribution in [0.1, 0.15) is 18.4 Å². The van der Waals surface area contributed by atoms with Crippen LogP contribution < -0.4 is 0 Å². The first-order valence-corrected chi connectivity index (χ1v) is 6.13. The molecule has 1 aliphatic rings. The van der Waals surface area contributed by atoms with Crippen molar-refractivity contribution in [3.63, 3.8) is 0 Å². The highest BCUT2D eigenvalue weighted by Gasteiger charge is 2.37. The van der Waals surface area contributed by atoms with Gasteiger partial charge in [-0.25, -0.2) is 8.42 Å². The maximum absolute atomic E-state index is 11.6. The number of hydrogen-bond donors (Lipinski definition) is 1. The molecule has 0 bridgehead atoms. The fourth-order valence-electron chi connectivity index (χ4n) is 1.83. The molecule has 0 spiro atoms. The van der Waals surface area contributed by atoms with Crippen molar-refractivity contribution in [1.82, 2.24) is 0 Å². The Kier molecular flexibility index (Phi) is 2.08. The minimum atomic E-state index is -3.35. The Morgan fingerprint density at radius 3 is 2.73 bits per heavy atom. The lowest BCUT2D eigenvalue weighted by molar-refractivity contribution is -0.117. The summed E-state index contributed by atoms with van der Waals surface area (Å²) in [6.07, 6.45) is 0. The van der Waals surface area contributed by atoms with E-state index in [4.69, 9.17) is 0 Å². The molecule has 0 amide bonds. The van der Waals surface area contributed by atoms with Gasteiger partial charge in [0, 0.05) is 0 Å². The number of carbonyl (C=O) groups is 1. The normalized spacial score (nSPS) is 22.3. The molecular formula is C10H10O4S. The largest absolute Gasteiger partial charge is 0.508 e. The number of Topliss-reactive ketones (excluding diaryl/α,β-unsaturated/α-hetero) is 1. The van der Waals surface area contributed by atoms with Gasteiger partial charge in [0.2, 0.25) is 0 Å². The molecule has 4 nitrogen and oxygen atoms in total. The van der Waals surface area contributed by atoms with Gasteiger partial charge in [-0.1, -0.05) is 0 Å². The number of rotatable bonds is 1. The van der Waals surface area contributed by atoms with Crippen molar-refractivity contribution < 1.29 is 18.3 Å². The first-order chi connectivity index (χ1) is 6.92. The summed E-state index contributed by atoms with van der Waals surface area (Å²) in [5, 5.41) is 9.26. The summed E-state index contributed by atoms with van der Waals surface area (Å²) in [5.41, 5.74) is 0.419. The number of benzene rings is 1. The highest BCUT2D eigenvalue weighted by Crippen LogP contribution is 2.37. The summed E-state index contributed by atoms with van der Waals surface area (Å²) in [7, 11) is -3.35. The highest BCUT2D eigenvalue weighted by atomic mass is 32.2. The van der Waals surface area contributed by atoms with E-state index in [-0.39, 0.29) is 22.2 Å². The van der Waals surface area contributed by atoms with Crippen LogP contribution in [0.15, 0.2) is 23.1 Å². The minimum absolute atomic E-state index is 0.0166. The summed E-state index contributed by atoms with van der Waals surface area (Å²) in [4.78, 5) is 11.4. The third-order valence-corrected chi connectivity index (χ3v) is 4.39. The van der Waals surface area contributed by atoms with Gasteiger partial charge in [0.15, 0.2) is 9.84 Å². The van der Waals surface area contributed by atoms with Crippen LogP contribution in [0.25, 0.3) is 0 Å². The minimum Gasteiger partial charge on any atom is -0.508 e. The number of sulfone groups is 1. The van der Waals surface area contributed by atoms with Gasteiger partial charge in [-0.2, -0.15) is 0 Å². The van der Waals surface area contributed by atoms with Crippen LogP contribution in [0.4, 0.5) is 0 Å². The third kappa shape index (κ3) is 1.52. The van der Waals surface area contributed by atoms with Crippen LogP contribution in [-0.2, 0) is 14.6 Å². The topological polar surface area (TPSA) is 71.4 Å². The number of ketones is 1. The van der Waals surface area contributed by atoms with Crippen LogP contribution in [0.3, 0.4) is 0 Å². The molecule has 1 aromatic carbocycles. The van der Waals surface area contributed by atoms with Crippen LogP contribution in [0.5, 0.6) is 5.75 Å². The average Bonchev–Trinajstić information content (AvgIpc) is 2.38. The van der Waals surface area contributed by atoms with Gasteiger partial charge in [0.05, 0.1) is 16.6 Å². The molecule has 0 radical (unpaired) electrons. The van der Waals surface area contributed by atoms with E-state index in [1.165, 1.54) is 25.1 Å². The Hall–Kier alpha value is -1.36. The molecule has 2 rings (SSSR count). The standard InChI is InChI=1S/C10H10O4S/c1-6(11)9-5-15(13,14)10-3-2-7(12)4-8(9)10/h2-4,9,12H,5H2,1H3. The molecule has 0 aromatic heterocycles. The summed E-state index contributed by atoms with van der Waals surface area (Å²) in [6.45, 7) is 1.36. The van der Waals surface area contributed by atoms with Crippen molar-refractivity contribution in [1.29, 1.82) is 0 Å². The van der Waals surface area contributed by atoms with Crippen molar-refractivity contribution in [2.75, 3.05) is 5.75 Å². The summed E-state index contributed by atoms with van der Waals surface area (Å²) >= 11 is 0. The second-order valence-corrected chi connectivity index (χ2v) is 5.67. The molecule has 1 heterocycles. The lowest BCUT2D eigenvalue weighted by atomic mass is 9.98. The molecule has 80 valence electrons. The quantitative estimate of drug-likeness (QED) is 0.770. The number of fused-ring (bicyclic) bond motifs is 1. The van der Waals surface area contributed by atoms with E-state index < -0.39 is 15.8 Å².